The largest absolute Gasteiger partial charge is 0.756 e. The van der Waals surface area contributed by atoms with Crippen molar-refractivity contribution < 1.29 is 90.6 Å². The molecule has 22 nitrogen and oxygen atoms in total. The van der Waals surface area contributed by atoms with Gasteiger partial charge in [0, 0.05) is 12.8 Å². The molecule has 0 aromatic rings. The minimum Gasteiger partial charge on any atom is -0.756 e. The van der Waals surface area contributed by atoms with Gasteiger partial charge >= 0.3 is 11.9 Å². The van der Waals surface area contributed by atoms with E-state index in [1.54, 1.807) is 0 Å². The Kier molecular flexibility index (Phi) is 45.5. The van der Waals surface area contributed by atoms with Crippen molar-refractivity contribution in [2.45, 2.75) is 224 Å². The van der Waals surface area contributed by atoms with Gasteiger partial charge in [0.1, 0.15) is 43.2 Å². The highest BCUT2D eigenvalue weighted by Crippen LogP contribution is 2.48. The van der Waals surface area contributed by atoms with Crippen LogP contribution in [0.1, 0.15) is 181 Å². The molecular weight excluding hydrogens is 1000 g/mol. The molecule has 10 atom stereocenters. The Morgan fingerprint density at radius 1 is 0.486 bits per heavy atom. The molecule has 72 heavy (non-hydrogen) atoms. The molecule has 1 saturated carbocycles. The average Bonchev–Trinajstić information content (AvgIpc) is 3.28. The molecule has 426 valence electrons. The van der Waals surface area contributed by atoms with Gasteiger partial charge in [-0.15, -0.1) is 0 Å². The predicted molar refractivity (Wildman–Crippen MR) is 273 cm³/mol. The molecule has 1 aliphatic carbocycles. The van der Waals surface area contributed by atoms with Crippen molar-refractivity contribution in [3.8, 4) is 0 Å². The van der Waals surface area contributed by atoms with E-state index in [0.717, 1.165) is 44.9 Å². The lowest BCUT2D eigenvalue weighted by Gasteiger charge is -2.47. The minimum absolute atomic E-state index is 0. The van der Waals surface area contributed by atoms with Gasteiger partial charge in [0.2, 0.25) is 0 Å². The first-order valence-electron chi connectivity index (χ1n) is 24.9. The van der Waals surface area contributed by atoms with Gasteiger partial charge < -0.3 is 85.8 Å². The van der Waals surface area contributed by atoms with Gasteiger partial charge in [-0.25, -0.2) is 0 Å². The number of rotatable bonds is 42. The highest BCUT2D eigenvalue weighted by atomic mass is 31.2. The molecule has 3 unspecified atom stereocenters. The van der Waals surface area contributed by atoms with Gasteiger partial charge in [-0.2, -0.15) is 0 Å². The number of aliphatic hydroxyl groups is 3. The van der Waals surface area contributed by atoms with Gasteiger partial charge in [-0.3, -0.25) is 23.3 Å². The lowest BCUT2D eigenvalue weighted by molar-refractivity contribution is -0.280. The summed E-state index contributed by atoms with van der Waals surface area (Å²) in [5.74, 6) is -1.42. The quantitative estimate of drug-likeness (QED) is 0.0123. The molecule has 1 fully saturated rings. The van der Waals surface area contributed by atoms with Crippen LogP contribution < -0.4 is 33.1 Å². The van der Waals surface area contributed by atoms with Crippen molar-refractivity contribution in [1.29, 1.82) is 0 Å². The van der Waals surface area contributed by atoms with Crippen LogP contribution in [0.5, 0.6) is 0 Å². The van der Waals surface area contributed by atoms with E-state index in [1.807, 2.05) is 18.2 Å². The number of phosphoric ester groups is 3. The number of unbranched alkanes of at least 4 members (excludes halogenated alkanes) is 18. The van der Waals surface area contributed by atoms with E-state index in [2.05, 4.69) is 53.3 Å². The molecule has 17 N–H and O–H groups in total. The fourth-order valence-corrected chi connectivity index (χ4v) is 9.44. The zero-order valence-electron chi connectivity index (χ0n) is 43.8. The summed E-state index contributed by atoms with van der Waals surface area (Å²) in [6, 6.07) is 0. The molecule has 1 aliphatic rings. The smallest absolute Gasteiger partial charge is 0.306 e. The third-order valence-electron chi connectivity index (χ3n) is 11.1. The standard InChI is InChI=1S/C47H85O19P3.3H3N/c1-3-5-7-9-11-13-15-17-19-20-22-24-26-28-30-32-34-36-41(49)63-39(37-61-40(48)35-33-31-29-27-25-23-21-18-16-14-12-10-8-6-4-2)38-62-69(59,60)66-45-42(50)43(51)46(64-67(53,54)55)47(44(45)52)65-68(56,57)58;;;/h11,13,17,19,22,24,28,30,39,42-47,50-52H,3-10,12,14-16,18,20-21,23,25-27,29,31-38H2,1-2H3,(H,59,60)(H2,53,54,55)(H2,56,57,58);3*1H3/t39-,42-,43+,44+,45-,46-,47-;;;/m1.../s1. The summed E-state index contributed by atoms with van der Waals surface area (Å²) in [6.45, 7) is 2.76. The van der Waals surface area contributed by atoms with Crippen molar-refractivity contribution in [3.05, 3.63) is 48.6 Å². The first kappa shape index (κ1) is 74.2. The second kappa shape index (κ2) is 44.2. The van der Waals surface area contributed by atoms with Crippen LogP contribution >= 0.6 is 23.5 Å². The van der Waals surface area contributed by atoms with Crippen molar-refractivity contribution in [1.82, 2.24) is 18.5 Å². The number of hydrogen-bond acceptors (Lipinski definition) is 17. The lowest BCUT2D eigenvalue weighted by Crippen LogP contribution is -2.65. The first-order chi connectivity index (χ1) is 32.8. The van der Waals surface area contributed by atoms with E-state index in [4.69, 9.17) is 23.4 Å². The van der Waals surface area contributed by atoms with Crippen LogP contribution in [0.4, 0.5) is 0 Å². The molecule has 0 bridgehead atoms. The van der Waals surface area contributed by atoms with Crippen LogP contribution in [-0.4, -0.2) is 93.0 Å². The van der Waals surface area contributed by atoms with Crippen LogP contribution in [0.3, 0.4) is 0 Å². The number of quaternary nitrogens is 3. The number of carbonyl (C=O) groups excluding carboxylic acids is 2. The van der Waals surface area contributed by atoms with Gasteiger partial charge in [0.15, 0.2) is 6.10 Å². The van der Waals surface area contributed by atoms with Crippen molar-refractivity contribution in [2.24, 2.45) is 0 Å². The normalized spacial score (nSPS) is 22.1. The Labute approximate surface area is 428 Å². The fraction of sp³-hybridized carbons (Fsp3) is 0.787. The number of carbonyl (C=O) groups is 2. The fourth-order valence-electron chi connectivity index (χ4n) is 7.38. The number of aliphatic hydroxyl groups excluding tert-OH is 3. The van der Waals surface area contributed by atoms with Crippen LogP contribution in [0.25, 0.3) is 0 Å². The third kappa shape index (κ3) is 39.4. The van der Waals surface area contributed by atoms with Gasteiger partial charge in [0.25, 0.3) is 23.5 Å². The molecule has 0 amide bonds. The van der Waals surface area contributed by atoms with Crippen molar-refractivity contribution >= 4 is 35.4 Å². The maximum absolute atomic E-state index is 13.0. The van der Waals surface area contributed by atoms with Crippen molar-refractivity contribution in [2.75, 3.05) is 13.2 Å². The van der Waals surface area contributed by atoms with Gasteiger partial charge in [-0.05, 0) is 51.4 Å². The number of phosphoric acid groups is 3. The van der Waals surface area contributed by atoms with Gasteiger partial charge in [-0.1, -0.05) is 165 Å². The summed E-state index contributed by atoms with van der Waals surface area (Å²) in [7, 11) is -17.5. The number of esters is 2. The third-order valence-corrected chi connectivity index (χ3v) is 13.1. The lowest BCUT2D eigenvalue weighted by atomic mass is 9.85. The number of allylic oxidation sites excluding steroid dienone is 8. The Hall–Kier alpha value is -2.01. The highest BCUT2D eigenvalue weighted by molar-refractivity contribution is 7.46. The summed E-state index contributed by atoms with van der Waals surface area (Å²) in [4.78, 5) is 79.6. The maximum Gasteiger partial charge on any atom is 0.306 e. The summed E-state index contributed by atoms with van der Waals surface area (Å²) < 4.78 is 64.4. The van der Waals surface area contributed by atoms with E-state index < -0.39 is 91.3 Å². The van der Waals surface area contributed by atoms with E-state index in [0.29, 0.717) is 25.7 Å². The van der Waals surface area contributed by atoms with Crippen molar-refractivity contribution in [3.63, 3.8) is 0 Å². The molecule has 25 heteroatoms. The number of ether oxygens (including phenoxy) is 2. The SMILES string of the molecule is CCCCCC=CCC=CCC=CCC=CCCCC(=O)O[C@H](COC(=O)CCCCCCCCCCCCCCCCC)COP(=O)([O-])O[C@@H]1[C@H](O)[C@H](O)[C@@H](OP(=O)([O-])O)[C@H](OP(=O)([O-])O)[C@H]1O.[NH4+].[NH4+].[NH4+]. The molecule has 0 saturated heterocycles. The Morgan fingerprint density at radius 3 is 1.32 bits per heavy atom. The summed E-state index contributed by atoms with van der Waals surface area (Å²) in [5.41, 5.74) is 0. The Balaban J connectivity index is -0.0000159. The first-order valence-corrected chi connectivity index (χ1v) is 29.3. The zero-order valence-corrected chi connectivity index (χ0v) is 46.4. The highest BCUT2D eigenvalue weighted by Gasteiger charge is 2.54. The predicted octanol–water partition coefficient (Wildman–Crippen LogP) is 8.64. The van der Waals surface area contributed by atoms with E-state index in [1.165, 1.54) is 83.5 Å². The topological polar surface area (TPSA) is 421 Å². The second-order valence-corrected chi connectivity index (χ2v) is 21.0. The monoisotopic (exact) mass is 1100 g/mol. The van der Waals surface area contributed by atoms with E-state index >= 15 is 0 Å². The Bertz CT molecular complexity index is 1650. The molecule has 0 aromatic heterocycles. The molecule has 1 rings (SSSR count). The summed E-state index contributed by atoms with van der Waals surface area (Å²) >= 11 is 0. The molecular formula is C47H94N3O19P3. The summed E-state index contributed by atoms with van der Waals surface area (Å²) in [6.07, 6.45) is 24.5. The molecule has 0 spiro atoms. The molecule has 0 radical (unpaired) electrons. The van der Waals surface area contributed by atoms with Crippen LogP contribution in [-0.2, 0) is 50.9 Å². The van der Waals surface area contributed by atoms with Gasteiger partial charge in [0.05, 0.1) is 6.61 Å². The molecule has 0 aliphatic heterocycles. The average molecular weight is 1100 g/mol. The maximum atomic E-state index is 13.0. The van der Waals surface area contributed by atoms with Crippen LogP contribution in [0, 0.1) is 0 Å². The molecule has 0 heterocycles. The van der Waals surface area contributed by atoms with E-state index in [-0.39, 0.29) is 31.3 Å². The minimum atomic E-state index is -5.89. The van der Waals surface area contributed by atoms with E-state index in [9.17, 15) is 58.2 Å². The van der Waals surface area contributed by atoms with Crippen LogP contribution in [0.2, 0.25) is 0 Å². The van der Waals surface area contributed by atoms with Crippen LogP contribution in [0.15, 0.2) is 48.6 Å². The number of hydrogen-bond donors (Lipinski definition) is 8. The summed E-state index contributed by atoms with van der Waals surface area (Å²) in [5, 5.41) is 31.7. The molecule has 0 aromatic carbocycles. The second-order valence-electron chi connectivity index (χ2n) is 17.3. The zero-order chi connectivity index (χ0) is 51.4. The Morgan fingerprint density at radius 2 is 0.861 bits per heavy atom.